The molecular formula is C15H3N7Na. The molecule has 1 radical (unpaired) electrons. The van der Waals surface area contributed by atoms with Crippen LogP contribution >= 0.6 is 0 Å². The van der Waals surface area contributed by atoms with Gasteiger partial charge < -0.3 is 0 Å². The molecule has 2 aromatic rings. The molecule has 2 heterocycles. The zero-order valence-electron chi connectivity index (χ0n) is 11.9. The van der Waals surface area contributed by atoms with Crippen molar-refractivity contribution >= 4 is 29.6 Å². The molecule has 0 aliphatic rings. The van der Waals surface area contributed by atoms with Gasteiger partial charge in [0.05, 0.1) is 11.1 Å². The summed E-state index contributed by atoms with van der Waals surface area (Å²) < 4.78 is 0. The molecule has 23 heavy (non-hydrogen) atoms. The third-order valence-corrected chi connectivity index (χ3v) is 2.80. The summed E-state index contributed by atoms with van der Waals surface area (Å²) in [4.78, 5) is 7.54. The molecule has 2 rings (SSSR count). The molecule has 0 fully saturated rings. The first-order chi connectivity index (χ1) is 10.7. The standard InChI is InChI=1S/C15H3N7.Na/c16-4-10-3-9(1-2-21-10)15-11(5-17)13(7-19)22-14(8-20)12(15)6-18;/h1-3H;. The van der Waals surface area contributed by atoms with Crippen molar-refractivity contribution in [2.45, 2.75) is 0 Å². The van der Waals surface area contributed by atoms with Gasteiger partial charge in [-0.3, -0.25) is 0 Å². The number of hydrogen-bond acceptors (Lipinski definition) is 7. The fourth-order valence-corrected chi connectivity index (χ4v) is 1.90. The summed E-state index contributed by atoms with van der Waals surface area (Å²) in [6.45, 7) is 0. The van der Waals surface area contributed by atoms with E-state index in [2.05, 4.69) is 9.97 Å². The van der Waals surface area contributed by atoms with Crippen LogP contribution in [0.1, 0.15) is 28.2 Å². The smallest absolute Gasteiger partial charge is 0.160 e. The summed E-state index contributed by atoms with van der Waals surface area (Å²) in [6, 6.07) is 11.8. The molecule has 0 amide bonds. The predicted molar refractivity (Wildman–Crippen MR) is 76.8 cm³/mol. The van der Waals surface area contributed by atoms with Crippen LogP contribution in [0.4, 0.5) is 0 Å². The summed E-state index contributed by atoms with van der Waals surface area (Å²) in [5.74, 6) is 0. The monoisotopic (exact) mass is 304 g/mol. The van der Waals surface area contributed by atoms with Crippen molar-refractivity contribution in [1.82, 2.24) is 9.97 Å². The molecule has 0 saturated carbocycles. The molecule has 0 saturated heterocycles. The Morgan fingerprint density at radius 3 is 1.78 bits per heavy atom. The van der Waals surface area contributed by atoms with Gasteiger partial charge in [0.15, 0.2) is 11.4 Å². The SMILES string of the molecule is N#Cc1cc(-c2c(C#N)c(C#N)nc(C#N)c2C#N)ccn1.[Na]. The number of aromatic nitrogens is 2. The molecule has 0 unspecified atom stereocenters. The minimum absolute atomic E-state index is 0. The summed E-state index contributed by atoms with van der Waals surface area (Å²) in [5.41, 5.74) is -0.200. The van der Waals surface area contributed by atoms with Crippen molar-refractivity contribution in [3.63, 3.8) is 0 Å². The van der Waals surface area contributed by atoms with E-state index in [4.69, 9.17) is 15.8 Å². The first-order valence-corrected chi connectivity index (χ1v) is 5.75. The normalized spacial score (nSPS) is 8.30. The summed E-state index contributed by atoms with van der Waals surface area (Å²) >= 11 is 0. The molecule has 0 bridgehead atoms. The van der Waals surface area contributed by atoms with Gasteiger partial charge in [0.25, 0.3) is 0 Å². The first kappa shape index (κ1) is 17.8. The fraction of sp³-hybridized carbons (Fsp3) is 0. The number of nitrogens with zero attached hydrogens (tertiary/aromatic N) is 7. The van der Waals surface area contributed by atoms with E-state index in [1.165, 1.54) is 18.3 Å². The molecule has 0 aromatic carbocycles. The van der Waals surface area contributed by atoms with E-state index in [0.29, 0.717) is 5.56 Å². The van der Waals surface area contributed by atoms with Crippen molar-refractivity contribution in [2.24, 2.45) is 0 Å². The third-order valence-electron chi connectivity index (χ3n) is 2.80. The molecule has 99 valence electrons. The maximum Gasteiger partial charge on any atom is 0.160 e. The van der Waals surface area contributed by atoms with E-state index in [-0.39, 0.29) is 63.3 Å². The predicted octanol–water partition coefficient (Wildman–Crippen LogP) is 1.12. The van der Waals surface area contributed by atoms with Crippen LogP contribution in [-0.4, -0.2) is 39.5 Å². The van der Waals surface area contributed by atoms with Crippen LogP contribution in [0.3, 0.4) is 0 Å². The Labute approximate surface area is 153 Å². The van der Waals surface area contributed by atoms with Crippen LogP contribution in [0.2, 0.25) is 0 Å². The van der Waals surface area contributed by atoms with Crippen molar-refractivity contribution < 1.29 is 0 Å². The molecule has 0 aliphatic carbocycles. The Bertz CT molecular complexity index is 941. The van der Waals surface area contributed by atoms with Gasteiger partial charge in [0.2, 0.25) is 0 Å². The van der Waals surface area contributed by atoms with Crippen molar-refractivity contribution in [2.75, 3.05) is 0 Å². The fourth-order valence-electron chi connectivity index (χ4n) is 1.90. The van der Waals surface area contributed by atoms with Gasteiger partial charge >= 0.3 is 0 Å². The Morgan fingerprint density at radius 1 is 0.783 bits per heavy atom. The topological polar surface area (TPSA) is 145 Å². The number of rotatable bonds is 1. The van der Waals surface area contributed by atoms with Crippen molar-refractivity contribution in [1.29, 1.82) is 26.3 Å². The second-order valence-corrected chi connectivity index (χ2v) is 3.92. The van der Waals surface area contributed by atoms with Crippen LogP contribution < -0.4 is 0 Å². The van der Waals surface area contributed by atoms with E-state index in [1.807, 2.05) is 18.2 Å². The average molecular weight is 304 g/mol. The summed E-state index contributed by atoms with van der Waals surface area (Å²) in [6.07, 6.45) is 1.34. The zero-order chi connectivity index (χ0) is 16.1. The second kappa shape index (κ2) is 7.67. The van der Waals surface area contributed by atoms with Gasteiger partial charge in [-0.2, -0.15) is 26.3 Å². The van der Waals surface area contributed by atoms with Crippen LogP contribution in [0.25, 0.3) is 11.1 Å². The zero-order valence-corrected chi connectivity index (χ0v) is 13.9. The summed E-state index contributed by atoms with van der Waals surface area (Å²) in [7, 11) is 0. The van der Waals surface area contributed by atoms with Crippen LogP contribution in [0.15, 0.2) is 18.3 Å². The minimum atomic E-state index is -0.247. The van der Waals surface area contributed by atoms with E-state index >= 15 is 0 Å². The van der Waals surface area contributed by atoms with Gasteiger partial charge in [0.1, 0.15) is 36.0 Å². The molecule has 8 heteroatoms. The first-order valence-electron chi connectivity index (χ1n) is 5.75. The largest absolute Gasteiger partial charge is 0.246 e. The maximum absolute atomic E-state index is 9.29. The number of nitriles is 5. The van der Waals surface area contributed by atoms with E-state index in [9.17, 15) is 10.5 Å². The number of hydrogen-bond donors (Lipinski definition) is 0. The van der Waals surface area contributed by atoms with Crippen LogP contribution in [-0.2, 0) is 0 Å². The Kier molecular flexibility index (Phi) is 5.94. The molecule has 0 spiro atoms. The quantitative estimate of drug-likeness (QED) is 0.717. The van der Waals surface area contributed by atoms with Gasteiger partial charge in [0, 0.05) is 41.3 Å². The molecule has 7 nitrogen and oxygen atoms in total. The van der Waals surface area contributed by atoms with Crippen molar-refractivity contribution in [3.8, 4) is 41.5 Å². The Balaban J connectivity index is 0.00000264. The van der Waals surface area contributed by atoms with Gasteiger partial charge in [-0.05, 0) is 17.7 Å². The maximum atomic E-state index is 9.29. The second-order valence-electron chi connectivity index (χ2n) is 3.92. The molecular weight excluding hydrogens is 301 g/mol. The van der Waals surface area contributed by atoms with Crippen LogP contribution in [0, 0.1) is 56.7 Å². The molecule has 0 atom stereocenters. The third kappa shape index (κ3) is 3.17. The molecule has 0 aliphatic heterocycles. The van der Waals surface area contributed by atoms with Gasteiger partial charge in [-0.1, -0.05) is 0 Å². The Hall–Kier alpha value is -3.25. The Morgan fingerprint density at radius 2 is 1.35 bits per heavy atom. The van der Waals surface area contributed by atoms with E-state index < -0.39 is 0 Å². The molecule has 0 N–H and O–H groups in total. The van der Waals surface area contributed by atoms with Gasteiger partial charge in [-0.15, -0.1) is 0 Å². The average Bonchev–Trinajstić information content (AvgIpc) is 2.59. The summed E-state index contributed by atoms with van der Waals surface area (Å²) in [5, 5.41) is 45.6. The minimum Gasteiger partial charge on any atom is -0.246 e. The van der Waals surface area contributed by atoms with Crippen molar-refractivity contribution in [3.05, 3.63) is 46.5 Å². The number of pyridine rings is 2. The van der Waals surface area contributed by atoms with E-state index in [0.717, 1.165) is 0 Å². The van der Waals surface area contributed by atoms with E-state index in [1.54, 1.807) is 12.1 Å². The van der Waals surface area contributed by atoms with Gasteiger partial charge in [-0.25, -0.2) is 9.97 Å². The molecule has 2 aromatic heterocycles. The van der Waals surface area contributed by atoms with Crippen LogP contribution in [0.5, 0.6) is 0 Å².